The number of thiophene rings is 1. The van der Waals surface area contributed by atoms with Crippen molar-refractivity contribution in [2.45, 2.75) is 32.1 Å². The maximum absolute atomic E-state index is 13.9. The van der Waals surface area contributed by atoms with E-state index in [-0.39, 0.29) is 37.3 Å². The molecule has 3 heterocycles. The summed E-state index contributed by atoms with van der Waals surface area (Å²) in [5, 5.41) is 9.41. The average Bonchev–Trinajstić information content (AvgIpc) is 3.51. The number of nitrogens with one attached hydrogen (secondary N) is 1. The maximum Gasteiger partial charge on any atom is 0.273 e. The third kappa shape index (κ3) is 4.46. The predicted octanol–water partition coefficient (Wildman–Crippen LogP) is 4.62. The second-order valence-electron chi connectivity index (χ2n) is 8.65. The van der Waals surface area contributed by atoms with Crippen molar-refractivity contribution in [3.05, 3.63) is 101 Å². The Labute approximate surface area is 204 Å². The highest BCUT2D eigenvalue weighted by Gasteiger charge is 2.48. The molecule has 1 aliphatic rings. The highest BCUT2D eigenvalue weighted by atomic mass is 32.1. The lowest BCUT2D eigenvalue weighted by molar-refractivity contribution is -0.133. The Morgan fingerprint density at radius 3 is 2.57 bits per heavy atom. The molecule has 2 aromatic carbocycles. The van der Waals surface area contributed by atoms with Crippen LogP contribution in [0.15, 0.2) is 72.1 Å². The van der Waals surface area contributed by atoms with E-state index in [1.165, 1.54) is 40.5 Å². The monoisotopic (exact) mass is 492 g/mol. The zero-order valence-electron chi connectivity index (χ0n) is 18.9. The third-order valence-corrected chi connectivity index (χ3v) is 7.05. The molecule has 2 aromatic heterocycles. The van der Waals surface area contributed by atoms with Gasteiger partial charge in [0, 0.05) is 13.1 Å². The zero-order valence-corrected chi connectivity index (χ0v) is 19.7. The fourth-order valence-corrected chi connectivity index (χ4v) is 4.91. The molecule has 0 unspecified atom stereocenters. The number of hydrogen-bond acceptors (Lipinski definition) is 4. The Bertz CT molecular complexity index is 1380. The van der Waals surface area contributed by atoms with Crippen molar-refractivity contribution < 1.29 is 18.4 Å². The molecule has 5 rings (SSSR count). The van der Waals surface area contributed by atoms with Crippen LogP contribution in [0, 0.1) is 11.6 Å². The van der Waals surface area contributed by atoms with E-state index >= 15 is 0 Å². The van der Waals surface area contributed by atoms with Crippen LogP contribution in [0.3, 0.4) is 0 Å². The Balaban J connectivity index is 1.48. The molecule has 1 N–H and O–H groups in total. The van der Waals surface area contributed by atoms with E-state index in [2.05, 4.69) is 10.4 Å². The molecule has 178 valence electrons. The van der Waals surface area contributed by atoms with Gasteiger partial charge in [-0.3, -0.25) is 14.3 Å². The van der Waals surface area contributed by atoms with Crippen LogP contribution in [-0.4, -0.2) is 32.0 Å². The van der Waals surface area contributed by atoms with Crippen molar-refractivity contribution in [3.63, 3.8) is 0 Å². The molecule has 4 aromatic rings. The summed E-state index contributed by atoms with van der Waals surface area (Å²) in [6.07, 6.45) is 0. The summed E-state index contributed by atoms with van der Waals surface area (Å²) in [6.45, 7) is 2.03. The highest BCUT2D eigenvalue weighted by Crippen LogP contribution is 2.32. The first kappa shape index (κ1) is 22.9. The van der Waals surface area contributed by atoms with Gasteiger partial charge >= 0.3 is 0 Å². The van der Waals surface area contributed by atoms with Gasteiger partial charge in [0.2, 0.25) is 5.91 Å². The van der Waals surface area contributed by atoms with Crippen LogP contribution in [0.25, 0.3) is 10.6 Å². The van der Waals surface area contributed by atoms with E-state index in [0.29, 0.717) is 17.0 Å². The van der Waals surface area contributed by atoms with Crippen molar-refractivity contribution in [1.29, 1.82) is 0 Å². The molecule has 0 spiro atoms. The summed E-state index contributed by atoms with van der Waals surface area (Å²) >= 11 is 1.51. The first-order chi connectivity index (χ1) is 16.8. The summed E-state index contributed by atoms with van der Waals surface area (Å²) in [6, 6.07) is 17.4. The maximum atomic E-state index is 13.9. The van der Waals surface area contributed by atoms with Crippen molar-refractivity contribution in [3.8, 4) is 10.6 Å². The molecule has 0 fully saturated rings. The van der Waals surface area contributed by atoms with E-state index in [4.69, 9.17) is 0 Å². The fraction of sp³-hybridized carbons (Fsp3) is 0.192. The van der Waals surface area contributed by atoms with Gasteiger partial charge in [-0.2, -0.15) is 5.10 Å². The topological polar surface area (TPSA) is 67.2 Å². The molecule has 6 nitrogen and oxygen atoms in total. The zero-order chi connectivity index (χ0) is 24.6. The van der Waals surface area contributed by atoms with E-state index in [0.717, 1.165) is 10.4 Å². The van der Waals surface area contributed by atoms with Crippen molar-refractivity contribution in [2.75, 3.05) is 0 Å². The van der Waals surface area contributed by atoms with Gasteiger partial charge < -0.3 is 10.2 Å². The molecular formula is C26H22F2N4O2S. The quantitative estimate of drug-likeness (QED) is 0.427. The van der Waals surface area contributed by atoms with Gasteiger partial charge in [0.15, 0.2) is 0 Å². The Hall–Kier alpha value is -3.85. The SMILES string of the molecule is C[C@]1(C(=O)NCc2ccc(F)cc2)Cn2nc(-c3cccs3)cc2C(=O)N1Cc1cccc(F)c1. The Morgan fingerprint density at radius 1 is 1.06 bits per heavy atom. The van der Waals surface area contributed by atoms with Crippen LogP contribution in [-0.2, 0) is 24.4 Å². The van der Waals surface area contributed by atoms with Crippen molar-refractivity contribution in [1.82, 2.24) is 20.0 Å². The van der Waals surface area contributed by atoms with Gasteiger partial charge in [0.1, 0.15) is 28.6 Å². The summed E-state index contributed by atoms with van der Waals surface area (Å²) < 4.78 is 28.7. The number of fused-ring (bicyclic) bond motifs is 1. The number of rotatable bonds is 6. The van der Waals surface area contributed by atoms with Crippen LogP contribution >= 0.6 is 11.3 Å². The van der Waals surface area contributed by atoms with Crippen LogP contribution in [0.1, 0.15) is 28.5 Å². The molecule has 0 radical (unpaired) electrons. The molecular weight excluding hydrogens is 470 g/mol. The van der Waals surface area contributed by atoms with Crippen molar-refractivity contribution >= 4 is 23.2 Å². The Kier molecular flexibility index (Phi) is 5.94. The van der Waals surface area contributed by atoms with Gasteiger partial charge in [0.25, 0.3) is 5.91 Å². The van der Waals surface area contributed by atoms with Gasteiger partial charge in [-0.1, -0.05) is 30.3 Å². The van der Waals surface area contributed by atoms with Crippen LogP contribution in [0.4, 0.5) is 8.78 Å². The summed E-state index contributed by atoms with van der Waals surface area (Å²) in [7, 11) is 0. The van der Waals surface area contributed by atoms with Crippen molar-refractivity contribution in [2.24, 2.45) is 0 Å². The van der Waals surface area contributed by atoms with E-state index in [9.17, 15) is 18.4 Å². The number of carbonyl (C=O) groups is 2. The van der Waals surface area contributed by atoms with Crippen LogP contribution in [0.2, 0.25) is 0 Å². The molecule has 1 atom stereocenters. The minimum absolute atomic E-state index is 0.0522. The van der Waals surface area contributed by atoms with Crippen LogP contribution < -0.4 is 5.32 Å². The number of aromatic nitrogens is 2. The molecule has 9 heteroatoms. The predicted molar refractivity (Wildman–Crippen MR) is 128 cm³/mol. The lowest BCUT2D eigenvalue weighted by Crippen LogP contribution is -2.63. The fourth-order valence-electron chi connectivity index (χ4n) is 4.23. The van der Waals surface area contributed by atoms with E-state index < -0.39 is 11.4 Å². The summed E-state index contributed by atoms with van der Waals surface area (Å²) in [5.41, 5.74) is 1.03. The van der Waals surface area contributed by atoms with Gasteiger partial charge in [-0.05, 0) is 59.8 Å². The largest absolute Gasteiger partial charge is 0.350 e. The Morgan fingerprint density at radius 2 is 1.86 bits per heavy atom. The number of benzene rings is 2. The normalized spacial score (nSPS) is 17.3. The van der Waals surface area contributed by atoms with E-state index in [1.807, 2.05) is 17.5 Å². The summed E-state index contributed by atoms with van der Waals surface area (Å²) in [4.78, 5) is 29.6. The second kappa shape index (κ2) is 9.07. The van der Waals surface area contributed by atoms with Crippen LogP contribution in [0.5, 0.6) is 0 Å². The molecule has 0 bridgehead atoms. The third-order valence-electron chi connectivity index (χ3n) is 6.16. The van der Waals surface area contributed by atoms with Gasteiger partial charge in [-0.15, -0.1) is 11.3 Å². The highest BCUT2D eigenvalue weighted by molar-refractivity contribution is 7.13. The number of amides is 2. The van der Waals surface area contributed by atoms with E-state index in [1.54, 1.807) is 41.9 Å². The molecule has 1 aliphatic heterocycles. The summed E-state index contributed by atoms with van der Waals surface area (Å²) in [5.74, 6) is -1.53. The first-order valence-electron chi connectivity index (χ1n) is 11.0. The standard InChI is InChI=1S/C26H22F2N4O2S/c1-26(25(34)29-14-17-7-9-19(27)10-8-17)16-32-22(13-21(30-32)23-6-3-11-35-23)24(33)31(26)15-18-4-2-5-20(28)12-18/h2-13H,14-16H2,1H3,(H,29,34)/t26-/m1/s1. The molecule has 0 aliphatic carbocycles. The smallest absolute Gasteiger partial charge is 0.273 e. The second-order valence-corrected chi connectivity index (χ2v) is 9.60. The molecule has 35 heavy (non-hydrogen) atoms. The molecule has 2 amide bonds. The molecule has 0 saturated heterocycles. The van der Waals surface area contributed by atoms with Gasteiger partial charge in [0.05, 0.1) is 11.4 Å². The number of hydrogen-bond donors (Lipinski definition) is 1. The lowest BCUT2D eigenvalue weighted by Gasteiger charge is -2.43. The van der Waals surface area contributed by atoms with Gasteiger partial charge in [-0.25, -0.2) is 8.78 Å². The first-order valence-corrected chi connectivity index (χ1v) is 11.9. The number of carbonyl (C=O) groups excluding carboxylic acids is 2. The minimum atomic E-state index is -1.30. The molecule has 0 saturated carbocycles. The number of halogens is 2. The average molecular weight is 493 g/mol. The minimum Gasteiger partial charge on any atom is -0.350 e. The lowest BCUT2D eigenvalue weighted by atomic mass is 9.94. The number of nitrogens with zero attached hydrogens (tertiary/aromatic N) is 3.